The Morgan fingerprint density at radius 3 is 2.57 bits per heavy atom. The Labute approximate surface area is 88.7 Å². The molecule has 0 N–H and O–H groups in total. The Morgan fingerprint density at radius 2 is 1.93 bits per heavy atom. The van der Waals surface area contributed by atoms with Gasteiger partial charge in [-0.05, 0) is 49.1 Å². The van der Waals surface area contributed by atoms with Gasteiger partial charge in [-0.3, -0.25) is 0 Å². The summed E-state index contributed by atoms with van der Waals surface area (Å²) in [6.45, 7) is 0.714. The highest BCUT2D eigenvalue weighted by Gasteiger charge is 1.94. The highest BCUT2D eigenvalue weighted by molar-refractivity contribution is 7.98. The van der Waals surface area contributed by atoms with Gasteiger partial charge in [-0.15, -0.1) is 0 Å². The van der Waals surface area contributed by atoms with Crippen LogP contribution in [0.3, 0.4) is 0 Å². The topological polar surface area (TPSA) is 9.23 Å². The third kappa shape index (κ3) is 4.51. The lowest BCUT2D eigenvalue weighted by molar-refractivity contribution is 0.309. The quantitative estimate of drug-likeness (QED) is 0.672. The number of benzene rings is 1. The summed E-state index contributed by atoms with van der Waals surface area (Å²) in [5, 5.41) is 0. The van der Waals surface area contributed by atoms with E-state index in [0.29, 0.717) is 6.61 Å². The average Bonchev–Trinajstić information content (AvgIpc) is 2.21. The van der Waals surface area contributed by atoms with E-state index < -0.39 is 0 Å². The van der Waals surface area contributed by atoms with Crippen LogP contribution < -0.4 is 4.74 Å². The molecule has 78 valence electrons. The minimum atomic E-state index is -0.222. The standard InChI is InChI=1S/C11H15FOS/c1-14-9-3-2-8-13-11-6-4-10(12)5-7-11/h4-7H,2-3,8-9H2,1H3. The molecule has 0 aromatic heterocycles. The van der Waals surface area contributed by atoms with Crippen LogP contribution in [0.5, 0.6) is 5.75 Å². The second-order valence-corrected chi connectivity index (χ2v) is 3.99. The number of unbranched alkanes of at least 4 members (excludes halogenated alkanes) is 1. The molecule has 0 heterocycles. The van der Waals surface area contributed by atoms with E-state index in [1.807, 2.05) is 11.8 Å². The maximum Gasteiger partial charge on any atom is 0.123 e. The zero-order valence-corrected chi connectivity index (χ0v) is 9.15. The summed E-state index contributed by atoms with van der Waals surface area (Å²) >= 11 is 1.84. The fraction of sp³-hybridized carbons (Fsp3) is 0.455. The zero-order valence-electron chi connectivity index (χ0n) is 8.33. The highest BCUT2D eigenvalue weighted by Crippen LogP contribution is 2.11. The van der Waals surface area contributed by atoms with Gasteiger partial charge in [-0.2, -0.15) is 11.8 Å². The molecule has 0 radical (unpaired) electrons. The average molecular weight is 214 g/mol. The van der Waals surface area contributed by atoms with E-state index >= 15 is 0 Å². The SMILES string of the molecule is CSCCCCOc1ccc(F)cc1. The van der Waals surface area contributed by atoms with Crippen molar-refractivity contribution in [2.24, 2.45) is 0 Å². The largest absolute Gasteiger partial charge is 0.494 e. The van der Waals surface area contributed by atoms with Gasteiger partial charge in [0.2, 0.25) is 0 Å². The maximum atomic E-state index is 12.5. The third-order valence-electron chi connectivity index (χ3n) is 1.83. The van der Waals surface area contributed by atoms with E-state index in [2.05, 4.69) is 6.26 Å². The normalized spacial score (nSPS) is 10.1. The van der Waals surface area contributed by atoms with E-state index in [0.717, 1.165) is 12.2 Å². The molecule has 3 heteroatoms. The third-order valence-corrected chi connectivity index (χ3v) is 2.52. The van der Waals surface area contributed by atoms with E-state index in [-0.39, 0.29) is 5.82 Å². The lowest BCUT2D eigenvalue weighted by Crippen LogP contribution is -1.97. The summed E-state index contributed by atoms with van der Waals surface area (Å²) in [4.78, 5) is 0. The van der Waals surface area contributed by atoms with Crippen LogP contribution in [0, 0.1) is 5.82 Å². The van der Waals surface area contributed by atoms with Crippen molar-refractivity contribution in [1.82, 2.24) is 0 Å². The van der Waals surface area contributed by atoms with Crippen LogP contribution in [-0.4, -0.2) is 18.6 Å². The van der Waals surface area contributed by atoms with E-state index in [9.17, 15) is 4.39 Å². The van der Waals surface area contributed by atoms with Crippen molar-refractivity contribution in [2.45, 2.75) is 12.8 Å². The zero-order chi connectivity index (χ0) is 10.2. The first-order chi connectivity index (χ1) is 6.83. The molecule has 0 aliphatic rings. The molecule has 0 atom stereocenters. The molecule has 0 aliphatic heterocycles. The molecule has 0 saturated heterocycles. The lowest BCUT2D eigenvalue weighted by Gasteiger charge is -2.04. The van der Waals surface area contributed by atoms with Gasteiger partial charge < -0.3 is 4.74 Å². The summed E-state index contributed by atoms with van der Waals surface area (Å²) in [6, 6.07) is 6.14. The highest BCUT2D eigenvalue weighted by atomic mass is 32.2. The maximum absolute atomic E-state index is 12.5. The van der Waals surface area contributed by atoms with Gasteiger partial charge >= 0.3 is 0 Å². The molecule has 0 amide bonds. The Morgan fingerprint density at radius 1 is 1.21 bits per heavy atom. The molecule has 0 spiro atoms. The predicted octanol–water partition coefficient (Wildman–Crippen LogP) is 3.35. The lowest BCUT2D eigenvalue weighted by atomic mass is 10.3. The first-order valence-corrected chi connectivity index (χ1v) is 6.09. The first kappa shape index (κ1) is 11.4. The number of thioether (sulfide) groups is 1. The molecular formula is C11H15FOS. The molecular weight excluding hydrogens is 199 g/mol. The molecule has 0 saturated carbocycles. The summed E-state index contributed by atoms with van der Waals surface area (Å²) in [6.07, 6.45) is 4.32. The molecule has 1 nitrogen and oxygen atoms in total. The van der Waals surface area contributed by atoms with Crippen molar-refractivity contribution < 1.29 is 9.13 Å². The second kappa shape index (κ2) is 6.71. The number of hydrogen-bond donors (Lipinski definition) is 0. The molecule has 14 heavy (non-hydrogen) atoms. The Balaban J connectivity index is 2.15. The van der Waals surface area contributed by atoms with Crippen LogP contribution in [0.4, 0.5) is 4.39 Å². The molecule has 0 bridgehead atoms. The summed E-state index contributed by atoms with van der Waals surface area (Å²) < 4.78 is 17.9. The second-order valence-electron chi connectivity index (χ2n) is 3.00. The van der Waals surface area contributed by atoms with Crippen LogP contribution in [0.1, 0.15) is 12.8 Å². The summed E-state index contributed by atoms with van der Waals surface area (Å²) in [5.41, 5.74) is 0. The van der Waals surface area contributed by atoms with Crippen molar-refractivity contribution >= 4 is 11.8 Å². The van der Waals surface area contributed by atoms with Gasteiger partial charge in [-0.1, -0.05) is 0 Å². The monoisotopic (exact) mass is 214 g/mol. The molecule has 0 aliphatic carbocycles. The number of rotatable bonds is 6. The Kier molecular flexibility index (Phi) is 5.45. The number of hydrogen-bond acceptors (Lipinski definition) is 2. The van der Waals surface area contributed by atoms with Crippen LogP contribution >= 0.6 is 11.8 Å². The Hall–Kier alpha value is -0.700. The molecule has 0 fully saturated rings. The van der Waals surface area contributed by atoms with Crippen LogP contribution in [-0.2, 0) is 0 Å². The fourth-order valence-corrected chi connectivity index (χ4v) is 1.56. The van der Waals surface area contributed by atoms with Gasteiger partial charge in [0.15, 0.2) is 0 Å². The number of ether oxygens (including phenoxy) is 1. The number of halogens is 1. The van der Waals surface area contributed by atoms with Crippen LogP contribution in [0.15, 0.2) is 24.3 Å². The van der Waals surface area contributed by atoms with Crippen molar-refractivity contribution in [3.8, 4) is 5.75 Å². The smallest absolute Gasteiger partial charge is 0.123 e. The van der Waals surface area contributed by atoms with E-state index in [4.69, 9.17) is 4.74 Å². The van der Waals surface area contributed by atoms with E-state index in [1.165, 1.54) is 24.3 Å². The van der Waals surface area contributed by atoms with Gasteiger partial charge in [0.05, 0.1) is 6.61 Å². The van der Waals surface area contributed by atoms with Gasteiger partial charge in [0, 0.05) is 0 Å². The van der Waals surface area contributed by atoms with Crippen molar-refractivity contribution in [3.05, 3.63) is 30.1 Å². The molecule has 1 aromatic rings. The van der Waals surface area contributed by atoms with Crippen molar-refractivity contribution in [3.63, 3.8) is 0 Å². The minimum absolute atomic E-state index is 0.222. The molecule has 1 rings (SSSR count). The van der Waals surface area contributed by atoms with Crippen molar-refractivity contribution in [1.29, 1.82) is 0 Å². The predicted molar refractivity (Wildman–Crippen MR) is 59.5 cm³/mol. The van der Waals surface area contributed by atoms with Crippen LogP contribution in [0.25, 0.3) is 0 Å². The summed E-state index contributed by atoms with van der Waals surface area (Å²) in [7, 11) is 0. The minimum Gasteiger partial charge on any atom is -0.494 e. The van der Waals surface area contributed by atoms with E-state index in [1.54, 1.807) is 12.1 Å². The first-order valence-electron chi connectivity index (χ1n) is 4.70. The van der Waals surface area contributed by atoms with Crippen molar-refractivity contribution in [2.75, 3.05) is 18.6 Å². The van der Waals surface area contributed by atoms with Gasteiger partial charge in [0.25, 0.3) is 0 Å². The van der Waals surface area contributed by atoms with Gasteiger partial charge in [0.1, 0.15) is 11.6 Å². The van der Waals surface area contributed by atoms with Gasteiger partial charge in [-0.25, -0.2) is 4.39 Å². The Bertz CT molecular complexity index is 248. The van der Waals surface area contributed by atoms with Crippen LogP contribution in [0.2, 0.25) is 0 Å². The summed E-state index contributed by atoms with van der Waals surface area (Å²) in [5.74, 6) is 1.70. The molecule has 0 unspecified atom stereocenters. The molecule has 1 aromatic carbocycles. The fourth-order valence-electron chi connectivity index (χ4n) is 1.07.